The van der Waals surface area contributed by atoms with Crippen LogP contribution in [-0.4, -0.2) is 22.7 Å². The van der Waals surface area contributed by atoms with Crippen LogP contribution in [0.2, 0.25) is 0 Å². The second kappa shape index (κ2) is 9.15. The molecule has 0 aliphatic heterocycles. The molecule has 0 aliphatic rings. The molecule has 0 spiro atoms. The number of nitrogens with one attached hydrogen (secondary N) is 1. The highest BCUT2D eigenvalue weighted by Gasteiger charge is 2.08. The largest absolute Gasteiger partial charge is 0.494 e. The molecule has 1 aromatic carbocycles. The predicted octanol–water partition coefficient (Wildman–Crippen LogP) is 3.68. The Morgan fingerprint density at radius 2 is 2.05 bits per heavy atom. The molecular weight excluding hydrogens is 298 g/mol. The molecule has 6 heteroatoms. The Kier molecular flexibility index (Phi) is 6.83. The average Bonchev–Trinajstić information content (AvgIpc) is 2.98. The van der Waals surface area contributed by atoms with Crippen molar-refractivity contribution < 1.29 is 9.53 Å². The Morgan fingerprint density at radius 1 is 1.23 bits per heavy atom. The normalized spacial score (nSPS) is 10.4. The Hall–Kier alpha value is -1.95. The summed E-state index contributed by atoms with van der Waals surface area (Å²) in [5.74, 6) is 0.780. The van der Waals surface area contributed by atoms with Crippen LogP contribution in [0.1, 0.15) is 37.6 Å². The highest BCUT2D eigenvalue weighted by atomic mass is 32.1. The number of benzene rings is 1. The van der Waals surface area contributed by atoms with Crippen LogP contribution in [0.15, 0.2) is 30.3 Å². The molecule has 0 fully saturated rings. The summed E-state index contributed by atoms with van der Waals surface area (Å²) in [6.07, 6.45) is 4.23. The van der Waals surface area contributed by atoms with E-state index in [4.69, 9.17) is 4.74 Å². The summed E-state index contributed by atoms with van der Waals surface area (Å²) in [4.78, 5) is 11.8. The number of carbonyl (C=O) groups excluding carboxylic acids is 1. The third-order valence-corrected chi connectivity index (χ3v) is 3.92. The zero-order valence-electron chi connectivity index (χ0n) is 12.7. The lowest BCUT2D eigenvalue weighted by atomic mass is 10.3. The first-order chi connectivity index (χ1) is 10.8. The van der Waals surface area contributed by atoms with E-state index in [1.165, 1.54) is 11.3 Å². The van der Waals surface area contributed by atoms with Gasteiger partial charge in [0.15, 0.2) is 0 Å². The van der Waals surface area contributed by atoms with Gasteiger partial charge in [-0.2, -0.15) is 0 Å². The molecule has 0 unspecified atom stereocenters. The van der Waals surface area contributed by atoms with E-state index in [0.29, 0.717) is 24.6 Å². The van der Waals surface area contributed by atoms with Crippen molar-refractivity contribution in [1.29, 1.82) is 0 Å². The van der Waals surface area contributed by atoms with Gasteiger partial charge in [0.25, 0.3) is 0 Å². The van der Waals surface area contributed by atoms with Gasteiger partial charge in [0.1, 0.15) is 10.8 Å². The minimum absolute atomic E-state index is 0.0464. The van der Waals surface area contributed by atoms with Gasteiger partial charge in [-0.15, -0.1) is 10.2 Å². The van der Waals surface area contributed by atoms with Crippen molar-refractivity contribution in [2.75, 3.05) is 11.9 Å². The SMILES string of the molecule is CCCCc1nnc(NC(=O)CCCOc2ccccc2)s1. The van der Waals surface area contributed by atoms with Gasteiger partial charge in [-0.25, -0.2) is 0 Å². The summed E-state index contributed by atoms with van der Waals surface area (Å²) in [5, 5.41) is 12.4. The molecule has 0 bridgehead atoms. The molecule has 118 valence electrons. The molecule has 0 aliphatic carbocycles. The van der Waals surface area contributed by atoms with Crippen molar-refractivity contribution >= 4 is 22.4 Å². The van der Waals surface area contributed by atoms with E-state index in [1.54, 1.807) is 0 Å². The number of amides is 1. The van der Waals surface area contributed by atoms with E-state index in [0.717, 1.165) is 30.0 Å². The Balaban J connectivity index is 1.64. The summed E-state index contributed by atoms with van der Waals surface area (Å²) >= 11 is 1.45. The van der Waals surface area contributed by atoms with E-state index in [9.17, 15) is 4.79 Å². The quantitative estimate of drug-likeness (QED) is 0.716. The number of anilines is 1. The maximum Gasteiger partial charge on any atom is 0.226 e. The Labute approximate surface area is 134 Å². The number of ether oxygens (including phenoxy) is 1. The number of aryl methyl sites for hydroxylation is 1. The molecule has 5 nitrogen and oxygen atoms in total. The summed E-state index contributed by atoms with van der Waals surface area (Å²) in [5.41, 5.74) is 0. The molecule has 0 atom stereocenters. The van der Waals surface area contributed by atoms with E-state index in [1.807, 2.05) is 30.3 Å². The van der Waals surface area contributed by atoms with Gasteiger partial charge in [0.2, 0.25) is 11.0 Å². The molecule has 1 amide bonds. The first kappa shape index (κ1) is 16.4. The standard InChI is InChI=1S/C16H21N3O2S/c1-2-3-11-15-18-19-16(22-15)17-14(20)10-7-12-21-13-8-5-4-6-9-13/h4-6,8-9H,2-3,7,10-12H2,1H3,(H,17,19,20). The highest BCUT2D eigenvalue weighted by molar-refractivity contribution is 7.15. The molecule has 1 heterocycles. The van der Waals surface area contributed by atoms with Crippen molar-refractivity contribution in [3.63, 3.8) is 0 Å². The fourth-order valence-electron chi connectivity index (χ4n) is 1.85. The van der Waals surface area contributed by atoms with Gasteiger partial charge in [-0.05, 0) is 25.0 Å². The van der Waals surface area contributed by atoms with Crippen molar-refractivity contribution in [1.82, 2.24) is 10.2 Å². The van der Waals surface area contributed by atoms with Gasteiger partial charge in [0, 0.05) is 12.8 Å². The fraction of sp³-hybridized carbons (Fsp3) is 0.438. The minimum Gasteiger partial charge on any atom is -0.494 e. The first-order valence-electron chi connectivity index (χ1n) is 7.58. The maximum absolute atomic E-state index is 11.8. The van der Waals surface area contributed by atoms with Crippen molar-refractivity contribution in [2.45, 2.75) is 39.0 Å². The monoisotopic (exact) mass is 319 g/mol. The third-order valence-electron chi connectivity index (χ3n) is 3.02. The van der Waals surface area contributed by atoms with Crippen LogP contribution in [-0.2, 0) is 11.2 Å². The lowest BCUT2D eigenvalue weighted by Gasteiger charge is -2.05. The lowest BCUT2D eigenvalue weighted by Crippen LogP contribution is -2.12. The molecule has 0 radical (unpaired) electrons. The third kappa shape index (κ3) is 5.81. The van der Waals surface area contributed by atoms with Gasteiger partial charge in [-0.1, -0.05) is 42.9 Å². The number of hydrogen-bond donors (Lipinski definition) is 1. The van der Waals surface area contributed by atoms with E-state index >= 15 is 0 Å². The number of para-hydroxylation sites is 1. The molecular formula is C16H21N3O2S. The molecule has 0 saturated heterocycles. The van der Waals surface area contributed by atoms with Gasteiger partial charge in [-0.3, -0.25) is 4.79 Å². The molecule has 1 aromatic heterocycles. The number of aromatic nitrogens is 2. The maximum atomic E-state index is 11.8. The number of carbonyl (C=O) groups is 1. The van der Waals surface area contributed by atoms with Crippen molar-refractivity contribution in [3.05, 3.63) is 35.3 Å². The van der Waals surface area contributed by atoms with Crippen LogP contribution in [0.3, 0.4) is 0 Å². The van der Waals surface area contributed by atoms with E-state index < -0.39 is 0 Å². The first-order valence-corrected chi connectivity index (χ1v) is 8.39. The number of hydrogen-bond acceptors (Lipinski definition) is 5. The van der Waals surface area contributed by atoms with Crippen LogP contribution in [0.4, 0.5) is 5.13 Å². The Morgan fingerprint density at radius 3 is 2.82 bits per heavy atom. The minimum atomic E-state index is -0.0464. The van der Waals surface area contributed by atoms with Crippen LogP contribution in [0, 0.1) is 0 Å². The summed E-state index contributed by atoms with van der Waals surface area (Å²) in [6, 6.07) is 9.59. The van der Waals surface area contributed by atoms with Crippen LogP contribution in [0.25, 0.3) is 0 Å². The van der Waals surface area contributed by atoms with Crippen LogP contribution < -0.4 is 10.1 Å². The van der Waals surface area contributed by atoms with Gasteiger partial charge >= 0.3 is 0 Å². The lowest BCUT2D eigenvalue weighted by molar-refractivity contribution is -0.116. The second-order valence-corrected chi connectivity index (χ2v) is 5.98. The molecule has 1 N–H and O–H groups in total. The second-order valence-electron chi connectivity index (χ2n) is 4.92. The summed E-state index contributed by atoms with van der Waals surface area (Å²) < 4.78 is 5.55. The zero-order chi connectivity index (χ0) is 15.6. The topological polar surface area (TPSA) is 64.1 Å². The van der Waals surface area contributed by atoms with Crippen molar-refractivity contribution in [2.24, 2.45) is 0 Å². The average molecular weight is 319 g/mol. The van der Waals surface area contributed by atoms with Gasteiger partial charge in [0.05, 0.1) is 6.61 Å². The fourth-order valence-corrected chi connectivity index (χ4v) is 2.65. The molecule has 2 rings (SSSR count). The van der Waals surface area contributed by atoms with Crippen molar-refractivity contribution in [3.8, 4) is 5.75 Å². The highest BCUT2D eigenvalue weighted by Crippen LogP contribution is 2.17. The molecule has 2 aromatic rings. The molecule has 0 saturated carbocycles. The number of nitrogens with zero attached hydrogens (tertiary/aromatic N) is 2. The smallest absolute Gasteiger partial charge is 0.226 e. The number of rotatable bonds is 9. The van der Waals surface area contributed by atoms with E-state index in [-0.39, 0.29) is 5.91 Å². The van der Waals surface area contributed by atoms with Gasteiger partial charge < -0.3 is 10.1 Å². The summed E-state index contributed by atoms with van der Waals surface area (Å²) in [6.45, 7) is 2.66. The zero-order valence-corrected chi connectivity index (χ0v) is 13.6. The predicted molar refractivity (Wildman–Crippen MR) is 88.3 cm³/mol. The summed E-state index contributed by atoms with van der Waals surface area (Å²) in [7, 11) is 0. The molecule has 22 heavy (non-hydrogen) atoms. The van der Waals surface area contributed by atoms with E-state index in [2.05, 4.69) is 22.4 Å². The van der Waals surface area contributed by atoms with Crippen LogP contribution in [0.5, 0.6) is 5.75 Å². The van der Waals surface area contributed by atoms with Crippen LogP contribution >= 0.6 is 11.3 Å². The Bertz CT molecular complexity index is 572. The number of unbranched alkanes of at least 4 members (excludes halogenated alkanes) is 1.